The number of halogens is 1. The highest BCUT2D eigenvalue weighted by molar-refractivity contribution is 6.32. The average molecular weight is 364 g/mol. The number of aryl methyl sites for hydroxylation is 1. The molecule has 2 N–H and O–H groups in total. The lowest BCUT2D eigenvalue weighted by Crippen LogP contribution is -2.25. The van der Waals surface area contributed by atoms with Gasteiger partial charge in [0, 0.05) is 24.4 Å². The van der Waals surface area contributed by atoms with E-state index in [0.29, 0.717) is 18.1 Å². The molecule has 1 aromatic carbocycles. The Morgan fingerprint density at radius 2 is 2.20 bits per heavy atom. The number of aromatic hydroxyl groups is 1. The van der Waals surface area contributed by atoms with Crippen molar-refractivity contribution in [3.05, 3.63) is 34.0 Å². The van der Waals surface area contributed by atoms with Crippen molar-refractivity contribution < 1.29 is 14.6 Å². The Balaban J connectivity index is 2.13. The van der Waals surface area contributed by atoms with E-state index in [2.05, 4.69) is 24.3 Å². The van der Waals surface area contributed by atoms with E-state index in [9.17, 15) is 9.90 Å². The van der Waals surface area contributed by atoms with Gasteiger partial charge in [0.05, 0.1) is 17.8 Å². The van der Waals surface area contributed by atoms with Crippen LogP contribution in [-0.2, 0) is 11.3 Å². The average Bonchev–Trinajstić information content (AvgIpc) is 2.84. The first-order valence-corrected chi connectivity index (χ1v) is 8.63. The number of hydrogen-bond acceptors (Lipinski definition) is 4. The Bertz CT molecular complexity index is 829. The van der Waals surface area contributed by atoms with Gasteiger partial charge in [-0.15, -0.1) is 0 Å². The summed E-state index contributed by atoms with van der Waals surface area (Å²) in [4.78, 5) is 12.3. The highest BCUT2D eigenvalue weighted by atomic mass is 35.5. The van der Waals surface area contributed by atoms with Crippen molar-refractivity contribution in [3.8, 4) is 11.5 Å². The number of nitrogens with one attached hydrogen (secondary N) is 1. The lowest BCUT2D eigenvalue weighted by Gasteiger charge is -2.25. The van der Waals surface area contributed by atoms with Crippen LogP contribution in [0, 0.1) is 12.8 Å². The summed E-state index contributed by atoms with van der Waals surface area (Å²) in [7, 11) is 1.47. The number of rotatable bonds is 4. The molecule has 0 fully saturated rings. The van der Waals surface area contributed by atoms with Crippen LogP contribution in [0.25, 0.3) is 0 Å². The van der Waals surface area contributed by atoms with Gasteiger partial charge in [-0.2, -0.15) is 5.10 Å². The monoisotopic (exact) mass is 363 g/mol. The summed E-state index contributed by atoms with van der Waals surface area (Å²) >= 11 is 6.14. The van der Waals surface area contributed by atoms with Crippen molar-refractivity contribution in [2.45, 2.75) is 39.7 Å². The predicted octanol–water partition coefficient (Wildman–Crippen LogP) is 3.69. The molecule has 1 aliphatic rings. The van der Waals surface area contributed by atoms with Gasteiger partial charge in [-0.1, -0.05) is 25.4 Å². The number of hydrogen-bond donors (Lipinski definition) is 2. The molecule has 1 unspecified atom stereocenters. The summed E-state index contributed by atoms with van der Waals surface area (Å²) in [5, 5.41) is 17.7. The number of methoxy groups -OCH3 is 1. The first-order valence-electron chi connectivity index (χ1n) is 8.25. The molecule has 25 heavy (non-hydrogen) atoms. The summed E-state index contributed by atoms with van der Waals surface area (Å²) < 4.78 is 7.06. The topological polar surface area (TPSA) is 76.4 Å². The van der Waals surface area contributed by atoms with Crippen LogP contribution in [0.1, 0.15) is 43.0 Å². The number of phenols is 1. The number of nitrogens with zero attached hydrogens (tertiary/aromatic N) is 2. The number of amides is 1. The quantitative estimate of drug-likeness (QED) is 0.868. The second kappa shape index (κ2) is 6.59. The van der Waals surface area contributed by atoms with Gasteiger partial charge in [0.1, 0.15) is 5.82 Å². The standard InChI is InChI=1S/C18H22ClN3O3/c1-9(2)8-22-18-16(10(3)21-22)12(7-15(23)20-18)11-5-13(19)17(24)14(6-11)25-4/h5-6,9,12,24H,7-8H2,1-4H3,(H,20,23). The Kier molecular flexibility index (Phi) is 4.64. The molecule has 6 nitrogen and oxygen atoms in total. The third-order valence-electron chi connectivity index (χ3n) is 4.38. The minimum atomic E-state index is -0.184. The molecule has 1 aliphatic heterocycles. The second-order valence-corrected chi connectivity index (χ2v) is 7.19. The van der Waals surface area contributed by atoms with Crippen LogP contribution in [0.15, 0.2) is 12.1 Å². The highest BCUT2D eigenvalue weighted by Gasteiger charge is 2.33. The number of carbonyl (C=O) groups excluding carboxylic acids is 1. The third kappa shape index (κ3) is 3.18. The molecule has 0 aliphatic carbocycles. The SMILES string of the molecule is COc1cc(C2CC(=O)Nc3c2c(C)nn3CC(C)C)cc(Cl)c1O. The van der Waals surface area contributed by atoms with E-state index in [1.807, 2.05) is 11.6 Å². The molecule has 0 spiro atoms. The molecule has 0 saturated heterocycles. The van der Waals surface area contributed by atoms with Crippen LogP contribution in [-0.4, -0.2) is 27.9 Å². The van der Waals surface area contributed by atoms with Crippen LogP contribution in [0.4, 0.5) is 5.82 Å². The lowest BCUT2D eigenvalue weighted by atomic mass is 9.85. The number of carbonyl (C=O) groups is 1. The molecule has 0 bridgehead atoms. The molecule has 0 radical (unpaired) electrons. The molecule has 1 amide bonds. The van der Waals surface area contributed by atoms with Gasteiger partial charge in [-0.3, -0.25) is 4.79 Å². The van der Waals surface area contributed by atoms with Gasteiger partial charge < -0.3 is 15.2 Å². The molecule has 7 heteroatoms. The summed E-state index contributed by atoms with van der Waals surface area (Å²) in [5.41, 5.74) is 2.69. The van der Waals surface area contributed by atoms with Gasteiger partial charge >= 0.3 is 0 Å². The minimum Gasteiger partial charge on any atom is -0.503 e. The van der Waals surface area contributed by atoms with Crippen molar-refractivity contribution in [3.63, 3.8) is 0 Å². The van der Waals surface area contributed by atoms with Gasteiger partial charge in [0.15, 0.2) is 11.5 Å². The number of phenolic OH excluding ortho intramolecular Hbond substituents is 1. The van der Waals surface area contributed by atoms with Crippen molar-refractivity contribution in [1.29, 1.82) is 0 Å². The first-order chi connectivity index (χ1) is 11.8. The van der Waals surface area contributed by atoms with E-state index >= 15 is 0 Å². The van der Waals surface area contributed by atoms with Crippen LogP contribution < -0.4 is 10.1 Å². The van der Waals surface area contributed by atoms with Gasteiger partial charge in [-0.25, -0.2) is 4.68 Å². The largest absolute Gasteiger partial charge is 0.503 e. The number of benzene rings is 1. The van der Waals surface area contributed by atoms with E-state index in [1.165, 1.54) is 7.11 Å². The number of ether oxygens (including phenoxy) is 1. The molecule has 2 heterocycles. The molecule has 134 valence electrons. The Labute approximate surface area is 151 Å². The molecule has 1 aromatic heterocycles. The zero-order valence-corrected chi connectivity index (χ0v) is 15.5. The van der Waals surface area contributed by atoms with Gasteiger partial charge in [0.2, 0.25) is 5.91 Å². The Hall–Kier alpha value is -2.21. The van der Waals surface area contributed by atoms with Crippen molar-refractivity contribution >= 4 is 23.3 Å². The van der Waals surface area contributed by atoms with Crippen molar-refractivity contribution in [2.24, 2.45) is 5.92 Å². The van der Waals surface area contributed by atoms with Crippen LogP contribution in [0.3, 0.4) is 0 Å². The smallest absolute Gasteiger partial charge is 0.226 e. The maximum Gasteiger partial charge on any atom is 0.226 e. The number of aromatic nitrogens is 2. The fraction of sp³-hybridized carbons (Fsp3) is 0.444. The molecule has 3 rings (SSSR count). The zero-order chi connectivity index (χ0) is 18.3. The first kappa shape index (κ1) is 17.6. The fourth-order valence-electron chi connectivity index (χ4n) is 3.33. The van der Waals surface area contributed by atoms with E-state index in [0.717, 1.165) is 29.2 Å². The molecule has 0 saturated carbocycles. The minimum absolute atomic E-state index is 0.0643. The van der Waals surface area contributed by atoms with Gasteiger partial charge in [0.25, 0.3) is 0 Å². The van der Waals surface area contributed by atoms with Crippen LogP contribution in [0.5, 0.6) is 11.5 Å². The maximum absolute atomic E-state index is 12.3. The molecule has 1 atom stereocenters. The number of anilines is 1. The molecular weight excluding hydrogens is 342 g/mol. The van der Waals surface area contributed by atoms with E-state index < -0.39 is 0 Å². The van der Waals surface area contributed by atoms with E-state index in [-0.39, 0.29) is 22.6 Å². The van der Waals surface area contributed by atoms with E-state index in [4.69, 9.17) is 16.3 Å². The van der Waals surface area contributed by atoms with Crippen molar-refractivity contribution in [2.75, 3.05) is 12.4 Å². The zero-order valence-electron chi connectivity index (χ0n) is 14.8. The predicted molar refractivity (Wildman–Crippen MR) is 96.6 cm³/mol. The maximum atomic E-state index is 12.3. The normalized spacial score (nSPS) is 16.7. The highest BCUT2D eigenvalue weighted by Crippen LogP contribution is 2.44. The molecular formula is C18H22ClN3O3. The fourth-order valence-corrected chi connectivity index (χ4v) is 3.55. The summed E-state index contributed by atoms with van der Waals surface area (Å²) in [5.74, 6) is 1.10. The summed E-state index contributed by atoms with van der Waals surface area (Å²) in [6.07, 6.45) is 0.297. The lowest BCUT2D eigenvalue weighted by molar-refractivity contribution is -0.116. The summed E-state index contributed by atoms with van der Waals surface area (Å²) in [6.45, 7) is 6.88. The Morgan fingerprint density at radius 3 is 2.84 bits per heavy atom. The third-order valence-corrected chi connectivity index (χ3v) is 4.67. The van der Waals surface area contributed by atoms with Crippen LogP contribution >= 0.6 is 11.6 Å². The van der Waals surface area contributed by atoms with Crippen molar-refractivity contribution in [1.82, 2.24) is 9.78 Å². The van der Waals surface area contributed by atoms with Crippen LogP contribution in [0.2, 0.25) is 5.02 Å². The summed E-state index contributed by atoms with van der Waals surface area (Å²) in [6, 6.07) is 3.42. The van der Waals surface area contributed by atoms with E-state index in [1.54, 1.807) is 12.1 Å². The number of fused-ring (bicyclic) bond motifs is 1. The Morgan fingerprint density at radius 1 is 1.48 bits per heavy atom. The van der Waals surface area contributed by atoms with Gasteiger partial charge in [-0.05, 0) is 30.5 Å². The molecule has 2 aromatic rings. The second-order valence-electron chi connectivity index (χ2n) is 6.78.